The molecule has 0 aromatic heterocycles. The van der Waals surface area contributed by atoms with E-state index in [9.17, 15) is 0 Å². The van der Waals surface area contributed by atoms with Crippen molar-refractivity contribution < 1.29 is 0 Å². The fourth-order valence-corrected chi connectivity index (χ4v) is 10.7. The molecule has 0 nitrogen and oxygen atoms in total. The molecule has 29 heavy (non-hydrogen) atoms. The maximum Gasteiger partial charge on any atom is 0.0517 e. The Morgan fingerprint density at radius 3 is 1.79 bits per heavy atom. The number of hydrogen-bond donors (Lipinski definition) is 0. The van der Waals surface area contributed by atoms with Gasteiger partial charge in [-0.25, -0.2) is 0 Å². The van der Waals surface area contributed by atoms with Gasteiger partial charge in [0.2, 0.25) is 0 Å². The molecule has 0 N–H and O–H groups in total. The fourth-order valence-electron chi connectivity index (χ4n) is 4.82. The summed E-state index contributed by atoms with van der Waals surface area (Å²) in [4.78, 5) is 0. The fraction of sp³-hybridized carbons (Fsp3) is 0.296. The van der Waals surface area contributed by atoms with E-state index < -0.39 is 0 Å². The van der Waals surface area contributed by atoms with Crippen molar-refractivity contribution in [1.29, 1.82) is 0 Å². The second-order valence-electron chi connectivity index (χ2n) is 8.53. The van der Waals surface area contributed by atoms with Crippen molar-refractivity contribution in [1.82, 2.24) is 0 Å². The molecule has 0 bridgehead atoms. The van der Waals surface area contributed by atoms with Crippen molar-refractivity contribution in [2.75, 3.05) is 0 Å². The first-order valence-electron chi connectivity index (χ1n) is 10.4. The van der Waals surface area contributed by atoms with Gasteiger partial charge in [-0.1, -0.05) is 73.9 Å². The minimum Gasteiger partial charge on any atom is -0.0819 e. The minimum atomic E-state index is -0.233. The van der Waals surface area contributed by atoms with Crippen LogP contribution in [0.1, 0.15) is 55.5 Å². The number of rotatable bonds is 4. The predicted molar refractivity (Wildman–Crippen MR) is 132 cm³/mol. The van der Waals surface area contributed by atoms with Gasteiger partial charge >= 0.3 is 0 Å². The van der Waals surface area contributed by atoms with Gasteiger partial charge in [0, 0.05) is 5.03 Å². The molecular formula is C27H30P2. The molecule has 1 aliphatic heterocycles. The van der Waals surface area contributed by atoms with Crippen LogP contribution in [0.3, 0.4) is 0 Å². The Balaban J connectivity index is 1.82. The van der Waals surface area contributed by atoms with Crippen LogP contribution in [0.2, 0.25) is 0 Å². The van der Waals surface area contributed by atoms with Gasteiger partial charge in [0.15, 0.2) is 0 Å². The minimum absolute atomic E-state index is 0.233. The Morgan fingerprint density at radius 2 is 1.24 bits per heavy atom. The predicted octanol–water partition coefficient (Wildman–Crippen LogP) is 8.36. The summed E-state index contributed by atoms with van der Waals surface area (Å²) in [5, 5.41) is 2.35. The van der Waals surface area contributed by atoms with Crippen LogP contribution in [0.25, 0.3) is 0 Å². The van der Waals surface area contributed by atoms with Crippen molar-refractivity contribution in [3.8, 4) is 0 Å². The van der Waals surface area contributed by atoms with Crippen molar-refractivity contribution >= 4 is 21.2 Å². The van der Waals surface area contributed by atoms with E-state index in [1.165, 1.54) is 58.9 Å². The summed E-state index contributed by atoms with van der Waals surface area (Å²) in [7, 11) is 1.28. The van der Waals surface area contributed by atoms with E-state index in [2.05, 4.69) is 96.1 Å². The Hall–Kier alpha value is -1.74. The molecule has 2 heteroatoms. The zero-order valence-electron chi connectivity index (χ0n) is 18.4. The Bertz CT molecular complexity index is 1050. The van der Waals surface area contributed by atoms with Crippen molar-refractivity contribution in [3.63, 3.8) is 0 Å². The van der Waals surface area contributed by atoms with Crippen molar-refractivity contribution in [2.45, 2.75) is 53.1 Å². The van der Waals surface area contributed by atoms with Crippen LogP contribution in [-0.2, 0) is 6.16 Å². The molecular weight excluding hydrogens is 386 g/mol. The van der Waals surface area contributed by atoms with Gasteiger partial charge in [0.05, 0.1) is 5.40 Å². The third kappa shape index (κ3) is 3.99. The third-order valence-corrected chi connectivity index (χ3v) is 11.5. The van der Waals surface area contributed by atoms with Crippen molar-refractivity contribution in [2.24, 2.45) is 0 Å². The summed E-state index contributed by atoms with van der Waals surface area (Å²) in [5.74, 6) is 0. The van der Waals surface area contributed by atoms with E-state index in [0.29, 0.717) is 5.40 Å². The standard InChI is InChI=1S/C27H30P2/c1-17-12-19(3)24(20(4)13-17)26-28-27(25-21(5)14-18(2)15-22(25)6)29(26)16-23-10-8-7-9-11-23/h7-15,26H,16H2,1-6H3. The van der Waals surface area contributed by atoms with E-state index in [1.54, 1.807) is 10.6 Å². The highest BCUT2D eigenvalue weighted by molar-refractivity contribution is 7.98. The summed E-state index contributed by atoms with van der Waals surface area (Å²) in [6, 6.07) is 20.5. The molecule has 0 spiro atoms. The van der Waals surface area contributed by atoms with E-state index in [-0.39, 0.29) is 7.92 Å². The zero-order valence-corrected chi connectivity index (χ0v) is 20.2. The molecule has 0 aliphatic carbocycles. The van der Waals surface area contributed by atoms with Crippen molar-refractivity contribution in [3.05, 3.63) is 105 Å². The van der Waals surface area contributed by atoms with Gasteiger partial charge in [-0.05, 0) is 94.6 Å². The summed E-state index contributed by atoms with van der Waals surface area (Å²) in [6.45, 7) is 13.6. The molecule has 2 atom stereocenters. The molecule has 3 aromatic rings. The SMILES string of the molecule is Cc1cc(C)c(C2=PC(c3c(C)cc(C)cc3C)P2Cc2ccccc2)c(C)c1. The van der Waals surface area contributed by atoms with Crippen LogP contribution < -0.4 is 0 Å². The lowest BCUT2D eigenvalue weighted by atomic mass is 10.0. The topological polar surface area (TPSA) is 0 Å². The lowest BCUT2D eigenvalue weighted by molar-refractivity contribution is 1.18. The van der Waals surface area contributed by atoms with E-state index in [0.717, 1.165) is 0 Å². The van der Waals surface area contributed by atoms with Crippen LogP contribution in [-0.4, -0.2) is 5.03 Å². The lowest BCUT2D eigenvalue weighted by Gasteiger charge is -2.39. The van der Waals surface area contributed by atoms with Gasteiger partial charge in [-0.2, -0.15) is 0 Å². The first-order chi connectivity index (χ1) is 13.8. The molecule has 0 fully saturated rings. The lowest BCUT2D eigenvalue weighted by Crippen LogP contribution is -2.16. The summed E-state index contributed by atoms with van der Waals surface area (Å²) >= 11 is 0. The summed E-state index contributed by atoms with van der Waals surface area (Å²) in [5.41, 5.74) is 13.2. The van der Waals surface area contributed by atoms with Gasteiger partial charge in [-0.15, -0.1) is 0 Å². The molecule has 148 valence electrons. The largest absolute Gasteiger partial charge is 0.0819 e. The van der Waals surface area contributed by atoms with Crippen LogP contribution in [0.15, 0.2) is 54.6 Å². The zero-order chi connectivity index (χ0) is 20.7. The molecule has 0 saturated heterocycles. The van der Waals surface area contributed by atoms with Gasteiger partial charge < -0.3 is 0 Å². The monoisotopic (exact) mass is 416 g/mol. The highest BCUT2D eigenvalue weighted by atomic mass is 31.2. The Labute approximate surface area is 178 Å². The average Bonchev–Trinajstić information content (AvgIpc) is 2.63. The number of benzene rings is 3. The third-order valence-electron chi connectivity index (χ3n) is 5.90. The molecule has 0 amide bonds. The first-order valence-corrected chi connectivity index (χ1v) is 13.0. The van der Waals surface area contributed by atoms with Crippen LogP contribution in [0, 0.1) is 41.5 Å². The highest BCUT2D eigenvalue weighted by Crippen LogP contribution is 2.72. The number of aryl methyl sites for hydroxylation is 6. The quantitative estimate of drug-likeness (QED) is 0.375. The van der Waals surface area contributed by atoms with Gasteiger partial charge in [0.1, 0.15) is 0 Å². The molecule has 1 aliphatic rings. The highest BCUT2D eigenvalue weighted by Gasteiger charge is 2.37. The Kier molecular flexibility index (Phi) is 5.79. The second kappa shape index (κ2) is 8.18. The maximum atomic E-state index is 2.37. The van der Waals surface area contributed by atoms with E-state index >= 15 is 0 Å². The summed E-state index contributed by atoms with van der Waals surface area (Å²) in [6.07, 6.45) is 1.18. The number of hydrogen-bond acceptors (Lipinski definition) is 0. The second-order valence-corrected chi connectivity index (χ2v) is 12.7. The molecule has 2 unspecified atom stereocenters. The van der Waals surface area contributed by atoms with Crippen LogP contribution >= 0.6 is 16.1 Å². The summed E-state index contributed by atoms with van der Waals surface area (Å²) < 4.78 is 0. The van der Waals surface area contributed by atoms with Crippen LogP contribution in [0.5, 0.6) is 0 Å². The average molecular weight is 416 g/mol. The maximum absolute atomic E-state index is 2.37. The smallest absolute Gasteiger partial charge is 0.0517 e. The van der Waals surface area contributed by atoms with Gasteiger partial charge in [-0.3, -0.25) is 0 Å². The molecule has 4 rings (SSSR count). The normalized spacial score (nSPS) is 18.9. The van der Waals surface area contributed by atoms with Gasteiger partial charge in [0.25, 0.3) is 0 Å². The van der Waals surface area contributed by atoms with E-state index in [4.69, 9.17) is 0 Å². The first kappa shape index (κ1) is 20.5. The van der Waals surface area contributed by atoms with Crippen LogP contribution in [0.4, 0.5) is 0 Å². The molecule has 3 aromatic carbocycles. The molecule has 1 heterocycles. The molecule has 0 radical (unpaired) electrons. The van der Waals surface area contributed by atoms with E-state index in [1.807, 2.05) is 0 Å². The molecule has 0 saturated carbocycles. The Morgan fingerprint density at radius 1 is 0.724 bits per heavy atom.